The zero-order valence-corrected chi connectivity index (χ0v) is 9.99. The Balaban J connectivity index is 2.20. The van der Waals surface area contributed by atoms with Crippen LogP contribution in [-0.2, 0) is 0 Å². The minimum atomic E-state index is 0.803. The van der Waals surface area contributed by atoms with Crippen molar-refractivity contribution in [2.24, 2.45) is 11.8 Å². The fourth-order valence-electron chi connectivity index (χ4n) is 2.46. The van der Waals surface area contributed by atoms with Crippen molar-refractivity contribution in [1.82, 2.24) is 5.32 Å². The number of rotatable bonds is 5. The monoisotopic (exact) mass is 201 g/mol. The molecular formula is C11H23NS. The molecule has 0 saturated heterocycles. The number of hydrogen-bond acceptors (Lipinski definition) is 2. The summed E-state index contributed by atoms with van der Waals surface area (Å²) in [7, 11) is 0. The van der Waals surface area contributed by atoms with Gasteiger partial charge in [0.1, 0.15) is 0 Å². The van der Waals surface area contributed by atoms with Gasteiger partial charge in [-0.15, -0.1) is 0 Å². The molecule has 0 aromatic rings. The van der Waals surface area contributed by atoms with E-state index >= 15 is 0 Å². The Labute approximate surface area is 87.1 Å². The molecule has 0 amide bonds. The quantitative estimate of drug-likeness (QED) is 0.687. The lowest BCUT2D eigenvalue weighted by molar-refractivity contribution is 0.350. The highest BCUT2D eigenvalue weighted by Gasteiger charge is 2.30. The Morgan fingerprint density at radius 2 is 2.15 bits per heavy atom. The van der Waals surface area contributed by atoms with E-state index in [1.165, 1.54) is 31.6 Å². The van der Waals surface area contributed by atoms with Crippen molar-refractivity contribution in [1.29, 1.82) is 0 Å². The summed E-state index contributed by atoms with van der Waals surface area (Å²) < 4.78 is 0. The predicted molar refractivity (Wildman–Crippen MR) is 62.4 cm³/mol. The van der Waals surface area contributed by atoms with Gasteiger partial charge in [-0.1, -0.05) is 20.3 Å². The third-order valence-corrected chi connectivity index (χ3v) is 4.08. The molecule has 0 bridgehead atoms. The average Bonchev–Trinajstić information content (AvgIpc) is 2.48. The first-order valence-electron chi connectivity index (χ1n) is 5.52. The van der Waals surface area contributed by atoms with E-state index < -0.39 is 0 Å². The molecule has 0 aliphatic heterocycles. The second-order valence-corrected chi connectivity index (χ2v) is 5.14. The smallest absolute Gasteiger partial charge is 0.00957 e. The van der Waals surface area contributed by atoms with Crippen LogP contribution in [0, 0.1) is 11.8 Å². The molecule has 3 atom stereocenters. The maximum Gasteiger partial charge on any atom is 0.00957 e. The highest BCUT2D eigenvalue weighted by Crippen LogP contribution is 2.33. The zero-order valence-electron chi connectivity index (χ0n) is 9.18. The Morgan fingerprint density at radius 3 is 2.69 bits per heavy atom. The first kappa shape index (κ1) is 11.4. The number of thioether (sulfide) groups is 1. The summed E-state index contributed by atoms with van der Waals surface area (Å²) in [4.78, 5) is 0. The normalized spacial score (nSPS) is 33.9. The molecule has 78 valence electrons. The van der Waals surface area contributed by atoms with Gasteiger partial charge in [-0.2, -0.15) is 11.8 Å². The van der Waals surface area contributed by atoms with E-state index in [4.69, 9.17) is 0 Å². The lowest BCUT2D eigenvalue weighted by atomic mass is 9.93. The van der Waals surface area contributed by atoms with Crippen LogP contribution in [0.15, 0.2) is 0 Å². The topological polar surface area (TPSA) is 12.0 Å². The summed E-state index contributed by atoms with van der Waals surface area (Å²) in [5, 5.41) is 3.68. The highest BCUT2D eigenvalue weighted by atomic mass is 32.2. The molecule has 0 spiro atoms. The van der Waals surface area contributed by atoms with Crippen molar-refractivity contribution in [3.05, 3.63) is 0 Å². The van der Waals surface area contributed by atoms with Crippen molar-refractivity contribution in [3.63, 3.8) is 0 Å². The van der Waals surface area contributed by atoms with Gasteiger partial charge in [0, 0.05) is 18.3 Å². The van der Waals surface area contributed by atoms with Crippen LogP contribution >= 0.6 is 11.8 Å². The van der Waals surface area contributed by atoms with Gasteiger partial charge in [-0.25, -0.2) is 0 Å². The van der Waals surface area contributed by atoms with E-state index in [9.17, 15) is 0 Å². The fraction of sp³-hybridized carbons (Fsp3) is 1.00. The molecule has 0 aromatic heterocycles. The van der Waals surface area contributed by atoms with E-state index in [-0.39, 0.29) is 0 Å². The van der Waals surface area contributed by atoms with E-state index in [2.05, 4.69) is 25.4 Å². The summed E-state index contributed by atoms with van der Waals surface area (Å²) in [6.07, 6.45) is 6.37. The largest absolute Gasteiger partial charge is 0.313 e. The van der Waals surface area contributed by atoms with Crippen molar-refractivity contribution in [2.45, 2.75) is 39.2 Å². The Kier molecular flexibility index (Phi) is 5.18. The molecular weight excluding hydrogens is 178 g/mol. The first-order valence-corrected chi connectivity index (χ1v) is 6.91. The van der Waals surface area contributed by atoms with Crippen LogP contribution in [0.4, 0.5) is 0 Å². The van der Waals surface area contributed by atoms with Gasteiger partial charge in [-0.3, -0.25) is 0 Å². The summed E-state index contributed by atoms with van der Waals surface area (Å²) >= 11 is 1.93. The van der Waals surface area contributed by atoms with Crippen LogP contribution in [0.3, 0.4) is 0 Å². The van der Waals surface area contributed by atoms with Crippen LogP contribution in [-0.4, -0.2) is 24.6 Å². The minimum Gasteiger partial charge on any atom is -0.313 e. The molecule has 2 heteroatoms. The SMILES string of the molecule is CCC1CCC(NCCSC)C1C. The number of hydrogen-bond donors (Lipinski definition) is 1. The van der Waals surface area contributed by atoms with Crippen molar-refractivity contribution in [3.8, 4) is 0 Å². The molecule has 0 aromatic carbocycles. The van der Waals surface area contributed by atoms with Crippen molar-refractivity contribution in [2.75, 3.05) is 18.6 Å². The number of nitrogens with one attached hydrogen (secondary N) is 1. The van der Waals surface area contributed by atoms with Gasteiger partial charge in [0.2, 0.25) is 0 Å². The van der Waals surface area contributed by atoms with E-state index in [0.29, 0.717) is 0 Å². The standard InChI is InChI=1S/C11H23NS/c1-4-10-5-6-11(9(10)2)12-7-8-13-3/h9-12H,4-8H2,1-3H3. The maximum absolute atomic E-state index is 3.68. The van der Waals surface area contributed by atoms with Gasteiger partial charge in [0.25, 0.3) is 0 Å². The molecule has 1 rings (SSSR count). The Hall–Kier alpha value is 0.310. The van der Waals surface area contributed by atoms with Crippen LogP contribution in [0.1, 0.15) is 33.1 Å². The lowest BCUT2D eigenvalue weighted by Crippen LogP contribution is -2.34. The fourth-order valence-corrected chi connectivity index (χ4v) is 2.78. The molecule has 1 nitrogen and oxygen atoms in total. The van der Waals surface area contributed by atoms with Gasteiger partial charge in [0.05, 0.1) is 0 Å². The highest BCUT2D eigenvalue weighted by molar-refractivity contribution is 7.98. The molecule has 1 N–H and O–H groups in total. The van der Waals surface area contributed by atoms with Crippen LogP contribution in [0.5, 0.6) is 0 Å². The first-order chi connectivity index (χ1) is 6.29. The average molecular weight is 201 g/mol. The second kappa shape index (κ2) is 5.92. The Bertz CT molecular complexity index is 138. The van der Waals surface area contributed by atoms with Gasteiger partial charge in [-0.05, 0) is 30.9 Å². The molecule has 0 radical (unpaired) electrons. The van der Waals surface area contributed by atoms with E-state index in [1.807, 2.05) is 11.8 Å². The Morgan fingerprint density at radius 1 is 1.38 bits per heavy atom. The minimum absolute atomic E-state index is 0.803. The summed E-state index contributed by atoms with van der Waals surface area (Å²) in [6.45, 7) is 5.93. The molecule has 0 heterocycles. The summed E-state index contributed by atoms with van der Waals surface area (Å²) in [5.41, 5.74) is 0. The van der Waals surface area contributed by atoms with Crippen molar-refractivity contribution < 1.29 is 0 Å². The third kappa shape index (κ3) is 3.17. The van der Waals surface area contributed by atoms with E-state index in [1.54, 1.807) is 0 Å². The molecule has 1 saturated carbocycles. The predicted octanol–water partition coefficient (Wildman–Crippen LogP) is 2.76. The molecule has 13 heavy (non-hydrogen) atoms. The second-order valence-electron chi connectivity index (χ2n) is 4.16. The van der Waals surface area contributed by atoms with Crippen LogP contribution in [0.2, 0.25) is 0 Å². The zero-order chi connectivity index (χ0) is 9.68. The van der Waals surface area contributed by atoms with E-state index in [0.717, 1.165) is 17.9 Å². The van der Waals surface area contributed by atoms with Crippen LogP contribution in [0.25, 0.3) is 0 Å². The molecule has 1 aliphatic rings. The molecule has 1 aliphatic carbocycles. The van der Waals surface area contributed by atoms with Crippen LogP contribution < -0.4 is 5.32 Å². The van der Waals surface area contributed by atoms with Gasteiger partial charge < -0.3 is 5.32 Å². The maximum atomic E-state index is 3.68. The third-order valence-electron chi connectivity index (χ3n) is 3.46. The van der Waals surface area contributed by atoms with Crippen molar-refractivity contribution >= 4 is 11.8 Å². The van der Waals surface area contributed by atoms with Gasteiger partial charge in [0.15, 0.2) is 0 Å². The molecule has 1 fully saturated rings. The molecule has 3 unspecified atom stereocenters. The summed E-state index contributed by atoms with van der Waals surface area (Å²) in [6, 6.07) is 0.803. The lowest BCUT2D eigenvalue weighted by Gasteiger charge is -2.20. The summed E-state index contributed by atoms with van der Waals surface area (Å²) in [5.74, 6) is 3.12. The van der Waals surface area contributed by atoms with Gasteiger partial charge >= 0.3 is 0 Å².